The third-order valence-corrected chi connectivity index (χ3v) is 6.38. The van der Waals surface area contributed by atoms with E-state index >= 15 is 0 Å². The molecule has 0 radical (unpaired) electrons. The molecule has 33 heavy (non-hydrogen) atoms. The third-order valence-electron chi connectivity index (χ3n) is 4.65. The number of benzene rings is 3. The second kappa shape index (κ2) is 10.5. The molecule has 9 heteroatoms. The first-order valence-electron chi connectivity index (χ1n) is 9.71. The van der Waals surface area contributed by atoms with Gasteiger partial charge in [0.1, 0.15) is 12.2 Å². The van der Waals surface area contributed by atoms with Crippen LogP contribution < -0.4 is 14.9 Å². The predicted molar refractivity (Wildman–Crippen MR) is 138 cm³/mol. The molecule has 4 aromatic rings. The molecule has 0 saturated heterocycles. The first-order chi connectivity index (χ1) is 15.9. The minimum absolute atomic E-state index is 0.155. The summed E-state index contributed by atoms with van der Waals surface area (Å²) in [4.78, 5) is 12.5. The van der Waals surface area contributed by atoms with E-state index in [9.17, 15) is 4.79 Å². The molecule has 0 saturated carbocycles. The summed E-state index contributed by atoms with van der Waals surface area (Å²) in [6.45, 7) is 0.414. The van der Waals surface area contributed by atoms with Crippen LogP contribution in [0.2, 0.25) is 0 Å². The van der Waals surface area contributed by atoms with Crippen molar-refractivity contribution in [2.75, 3.05) is 7.11 Å². The number of nitrogens with zero attached hydrogens (tertiary/aromatic N) is 1. The summed E-state index contributed by atoms with van der Waals surface area (Å²) in [6.07, 6.45) is 1.51. The summed E-state index contributed by atoms with van der Waals surface area (Å²) >= 11 is 10.4. The Hall–Kier alpha value is -2.62. The molecule has 0 atom stereocenters. The lowest BCUT2D eigenvalue weighted by Crippen LogP contribution is -2.16. The lowest BCUT2D eigenvalue weighted by Gasteiger charge is -2.12. The minimum Gasteiger partial charge on any atom is -0.493 e. The largest absolute Gasteiger partial charge is 0.493 e. The maximum Gasteiger partial charge on any atom is 0.307 e. The van der Waals surface area contributed by atoms with Crippen molar-refractivity contribution in [2.24, 2.45) is 5.10 Å². The van der Waals surface area contributed by atoms with Gasteiger partial charge in [0, 0.05) is 19.9 Å². The average Bonchev–Trinajstić information content (AvgIpc) is 3.24. The van der Waals surface area contributed by atoms with Crippen molar-refractivity contribution in [1.29, 1.82) is 0 Å². The van der Waals surface area contributed by atoms with Crippen LogP contribution in [0.3, 0.4) is 0 Å². The summed E-state index contributed by atoms with van der Waals surface area (Å²) in [6, 6.07) is 18.8. The van der Waals surface area contributed by atoms with E-state index in [1.165, 1.54) is 6.21 Å². The number of hydrogen-bond acceptors (Lipinski definition) is 5. The number of halogens is 3. The zero-order chi connectivity index (χ0) is 23.4. The fourth-order valence-electron chi connectivity index (χ4n) is 3.06. The molecule has 6 nitrogen and oxygen atoms in total. The van der Waals surface area contributed by atoms with Crippen molar-refractivity contribution in [3.05, 3.63) is 91.0 Å². The van der Waals surface area contributed by atoms with Gasteiger partial charge in [0.05, 0.1) is 17.8 Å². The van der Waals surface area contributed by atoms with Crippen molar-refractivity contribution in [2.45, 2.75) is 6.61 Å². The zero-order valence-corrected chi connectivity index (χ0v) is 22.0. The lowest BCUT2D eigenvalue weighted by atomic mass is 10.2. The molecule has 168 valence electrons. The van der Waals surface area contributed by atoms with Crippen LogP contribution in [0.15, 0.2) is 83.6 Å². The molecule has 0 bridgehead atoms. The average molecular weight is 637 g/mol. The highest BCUT2D eigenvalue weighted by Crippen LogP contribution is 2.34. The molecule has 0 aliphatic carbocycles. The maximum atomic E-state index is 12.5. The van der Waals surface area contributed by atoms with Crippen molar-refractivity contribution < 1.29 is 18.7 Å². The van der Waals surface area contributed by atoms with Crippen molar-refractivity contribution in [1.82, 2.24) is 5.43 Å². The number of hydrogen-bond donors (Lipinski definition) is 1. The van der Waals surface area contributed by atoms with Gasteiger partial charge in [-0.05, 0) is 67.8 Å². The quantitative estimate of drug-likeness (QED) is 0.174. The molecular formula is C24H17Br3N2O4. The van der Waals surface area contributed by atoms with Crippen LogP contribution >= 0.6 is 47.8 Å². The first kappa shape index (κ1) is 23.5. The first-order valence-corrected chi connectivity index (χ1v) is 12.1. The molecule has 0 aliphatic rings. The number of amides is 1. The van der Waals surface area contributed by atoms with E-state index in [0.29, 0.717) is 29.3 Å². The van der Waals surface area contributed by atoms with Crippen LogP contribution in [0, 0.1) is 0 Å². The van der Waals surface area contributed by atoms with Gasteiger partial charge in [-0.15, -0.1) is 0 Å². The van der Waals surface area contributed by atoms with E-state index < -0.39 is 5.91 Å². The third kappa shape index (κ3) is 5.66. The number of rotatable bonds is 7. The van der Waals surface area contributed by atoms with Gasteiger partial charge < -0.3 is 13.9 Å². The minimum atomic E-state index is -0.462. The molecule has 0 aliphatic heterocycles. The standard InChI is InChI=1S/C24H17Br3N2O4/c1-31-20-9-16(18(26)11-21(20)32-13-14-5-3-2-4-6-14)12-28-29-24(30)22-8-15-7-17(25)10-19(27)23(15)33-22/h2-12H,13H2,1H3,(H,29,30)/b28-12-. The molecular weight excluding hydrogens is 620 g/mol. The Balaban J connectivity index is 1.46. The van der Waals surface area contributed by atoms with Gasteiger partial charge in [-0.2, -0.15) is 5.10 Å². The Bertz CT molecular complexity index is 1340. The Morgan fingerprint density at radius 3 is 2.58 bits per heavy atom. The van der Waals surface area contributed by atoms with E-state index in [-0.39, 0.29) is 5.76 Å². The maximum absolute atomic E-state index is 12.5. The van der Waals surface area contributed by atoms with Gasteiger partial charge in [0.15, 0.2) is 17.3 Å². The molecule has 0 spiro atoms. The van der Waals surface area contributed by atoms with E-state index in [0.717, 1.165) is 24.4 Å². The van der Waals surface area contributed by atoms with Crippen LogP contribution in [-0.2, 0) is 6.61 Å². The highest BCUT2D eigenvalue weighted by atomic mass is 79.9. The summed E-state index contributed by atoms with van der Waals surface area (Å²) in [7, 11) is 1.57. The molecule has 1 aromatic heterocycles. The van der Waals surface area contributed by atoms with Gasteiger partial charge in [0.25, 0.3) is 0 Å². The molecule has 0 unspecified atom stereocenters. The van der Waals surface area contributed by atoms with Crippen LogP contribution in [0.4, 0.5) is 0 Å². The number of hydrazone groups is 1. The molecule has 0 fully saturated rings. The Kier molecular flexibility index (Phi) is 7.52. The van der Waals surface area contributed by atoms with Gasteiger partial charge in [-0.3, -0.25) is 4.79 Å². The molecule has 3 aromatic carbocycles. The number of carbonyl (C=O) groups is 1. The summed E-state index contributed by atoms with van der Waals surface area (Å²) in [5, 5.41) is 4.85. The summed E-state index contributed by atoms with van der Waals surface area (Å²) in [5.74, 6) is 0.835. The van der Waals surface area contributed by atoms with Gasteiger partial charge in [-0.1, -0.05) is 46.3 Å². The van der Waals surface area contributed by atoms with Crippen molar-refractivity contribution in [3.63, 3.8) is 0 Å². The number of ether oxygens (including phenoxy) is 2. The lowest BCUT2D eigenvalue weighted by molar-refractivity contribution is 0.0929. The molecule has 1 amide bonds. The summed E-state index contributed by atoms with van der Waals surface area (Å²) in [5.41, 5.74) is 4.83. The highest BCUT2D eigenvalue weighted by Gasteiger charge is 2.15. The number of nitrogens with one attached hydrogen (secondary N) is 1. The number of carbonyl (C=O) groups excluding carboxylic acids is 1. The van der Waals surface area contributed by atoms with Gasteiger partial charge in [0.2, 0.25) is 0 Å². The normalized spacial score (nSPS) is 11.2. The Labute approximate surface area is 215 Å². The van der Waals surface area contributed by atoms with E-state index in [1.54, 1.807) is 25.3 Å². The van der Waals surface area contributed by atoms with Gasteiger partial charge >= 0.3 is 5.91 Å². The molecule has 4 rings (SSSR count). The van der Waals surface area contributed by atoms with Gasteiger partial charge in [-0.25, -0.2) is 5.43 Å². The zero-order valence-electron chi connectivity index (χ0n) is 17.3. The van der Waals surface area contributed by atoms with E-state index in [1.807, 2.05) is 42.5 Å². The van der Waals surface area contributed by atoms with Crippen molar-refractivity contribution in [3.8, 4) is 11.5 Å². The second-order valence-electron chi connectivity index (χ2n) is 6.91. The SMILES string of the molecule is COc1cc(/C=N\NC(=O)c2cc3cc(Br)cc(Br)c3o2)c(Br)cc1OCc1ccccc1. The monoisotopic (exact) mass is 634 g/mol. The summed E-state index contributed by atoms with van der Waals surface area (Å²) < 4.78 is 19.4. The smallest absolute Gasteiger partial charge is 0.307 e. The fraction of sp³-hybridized carbons (Fsp3) is 0.0833. The Morgan fingerprint density at radius 1 is 1.03 bits per heavy atom. The van der Waals surface area contributed by atoms with E-state index in [2.05, 4.69) is 58.3 Å². The second-order valence-corrected chi connectivity index (χ2v) is 9.54. The van der Waals surface area contributed by atoms with Crippen LogP contribution in [0.25, 0.3) is 11.0 Å². The van der Waals surface area contributed by atoms with E-state index in [4.69, 9.17) is 13.9 Å². The fourth-order valence-corrected chi connectivity index (χ4v) is 4.82. The molecule has 1 N–H and O–H groups in total. The van der Waals surface area contributed by atoms with Crippen LogP contribution in [-0.4, -0.2) is 19.2 Å². The Morgan fingerprint density at radius 2 is 1.82 bits per heavy atom. The van der Waals surface area contributed by atoms with Crippen LogP contribution in [0.1, 0.15) is 21.7 Å². The topological polar surface area (TPSA) is 73.1 Å². The molecule has 1 heterocycles. The van der Waals surface area contributed by atoms with Crippen LogP contribution in [0.5, 0.6) is 11.5 Å². The predicted octanol–water partition coefficient (Wildman–Crippen LogP) is 7.07. The number of furan rings is 1. The highest BCUT2D eigenvalue weighted by molar-refractivity contribution is 9.11. The number of fused-ring (bicyclic) bond motifs is 1. The van der Waals surface area contributed by atoms with Crippen molar-refractivity contribution >= 4 is 70.9 Å². The number of methoxy groups -OCH3 is 1.